The molecule has 1 fully saturated rings. The lowest BCUT2D eigenvalue weighted by Gasteiger charge is -2.26. The van der Waals surface area contributed by atoms with Crippen LogP contribution in [-0.4, -0.2) is 113 Å². The standard InChI is InChI=1S/C40H51N13O6/c1-5-43-31(18-25(3)41)37(56)47-40-46-30-20-27(24-54)23-44-36(30)52(40)12-8-7-11-51-34-29(45-39(51)48-38(57)32-19-26(4)49-53(32)6-2)21-28(35(42)55)22-33(34)59-15-9-10-50-13-16-58-17-14-50/h7-8,18-23,54H,5-6,9-17,24,41H2,1-4H3,(H2,42,55)(H,45,48,57)(H,46,47,56)/b8-7+,25-18-,43-31?. The average Bonchev–Trinajstić information content (AvgIpc) is 3.89. The summed E-state index contributed by atoms with van der Waals surface area (Å²) in [4.78, 5) is 60.1. The van der Waals surface area contributed by atoms with Gasteiger partial charge in [0.25, 0.3) is 11.8 Å². The highest BCUT2D eigenvalue weighted by atomic mass is 16.5. The summed E-state index contributed by atoms with van der Waals surface area (Å²) in [5.41, 5.74) is 15.9. The van der Waals surface area contributed by atoms with Gasteiger partial charge >= 0.3 is 0 Å². The summed E-state index contributed by atoms with van der Waals surface area (Å²) in [6, 6.07) is 6.57. The van der Waals surface area contributed by atoms with Gasteiger partial charge in [-0.15, -0.1) is 0 Å². The molecule has 19 heteroatoms. The smallest absolute Gasteiger partial charge is 0.276 e. The molecule has 0 atom stereocenters. The molecule has 0 radical (unpaired) electrons. The van der Waals surface area contributed by atoms with Crippen molar-refractivity contribution in [2.45, 2.75) is 60.4 Å². The van der Waals surface area contributed by atoms with Gasteiger partial charge in [0.05, 0.1) is 37.6 Å². The molecular weight excluding hydrogens is 759 g/mol. The molecule has 1 aliphatic rings. The summed E-state index contributed by atoms with van der Waals surface area (Å²) < 4.78 is 16.9. The third-order valence-corrected chi connectivity index (χ3v) is 9.45. The fourth-order valence-electron chi connectivity index (χ4n) is 6.69. The Bertz CT molecular complexity index is 2420. The van der Waals surface area contributed by atoms with E-state index in [9.17, 15) is 19.5 Å². The van der Waals surface area contributed by atoms with Crippen molar-refractivity contribution < 1.29 is 29.0 Å². The first-order valence-corrected chi connectivity index (χ1v) is 19.5. The number of aliphatic hydroxyl groups excluding tert-OH is 1. The molecule has 59 heavy (non-hydrogen) atoms. The molecule has 1 aromatic carbocycles. The summed E-state index contributed by atoms with van der Waals surface area (Å²) in [5, 5.41) is 20.0. The number of anilines is 2. The summed E-state index contributed by atoms with van der Waals surface area (Å²) in [7, 11) is 0. The minimum absolute atomic E-state index is 0.142. The van der Waals surface area contributed by atoms with E-state index in [4.69, 9.17) is 25.9 Å². The number of aliphatic imine (C=N–C) groups is 1. The van der Waals surface area contributed by atoms with Gasteiger partial charge in [0.15, 0.2) is 5.65 Å². The molecule has 1 aliphatic heterocycles. The number of aromatic nitrogens is 7. The number of primary amides is 1. The number of nitrogens with one attached hydrogen (secondary N) is 2. The zero-order valence-corrected chi connectivity index (χ0v) is 33.8. The molecule has 4 aromatic heterocycles. The maximum Gasteiger partial charge on any atom is 0.276 e. The number of morpholine rings is 1. The Balaban J connectivity index is 1.34. The first-order chi connectivity index (χ1) is 28.5. The van der Waals surface area contributed by atoms with Gasteiger partial charge in [0.1, 0.15) is 28.2 Å². The minimum atomic E-state index is -0.648. The number of benzene rings is 1. The predicted molar refractivity (Wildman–Crippen MR) is 223 cm³/mol. The number of aryl methyl sites for hydroxylation is 2. The van der Waals surface area contributed by atoms with Crippen LogP contribution in [0.1, 0.15) is 59.3 Å². The van der Waals surface area contributed by atoms with Crippen LogP contribution in [0.2, 0.25) is 0 Å². The fourth-order valence-corrected chi connectivity index (χ4v) is 6.69. The van der Waals surface area contributed by atoms with Crippen LogP contribution in [0.3, 0.4) is 0 Å². The number of imidazole rings is 2. The zero-order chi connectivity index (χ0) is 42.1. The van der Waals surface area contributed by atoms with Crippen molar-refractivity contribution in [1.82, 2.24) is 38.8 Å². The van der Waals surface area contributed by atoms with Crippen LogP contribution in [0.15, 0.2) is 59.4 Å². The van der Waals surface area contributed by atoms with E-state index < -0.39 is 17.7 Å². The van der Waals surface area contributed by atoms with Crippen LogP contribution in [0.4, 0.5) is 11.9 Å². The van der Waals surface area contributed by atoms with Gasteiger partial charge in [-0.2, -0.15) is 5.10 Å². The van der Waals surface area contributed by atoms with E-state index in [1.165, 1.54) is 6.08 Å². The number of hydrogen-bond acceptors (Lipinski definition) is 13. The van der Waals surface area contributed by atoms with Crippen LogP contribution in [0, 0.1) is 6.92 Å². The molecule has 19 nitrogen and oxygen atoms in total. The molecule has 312 valence electrons. The Morgan fingerprint density at radius 2 is 1.73 bits per heavy atom. The van der Waals surface area contributed by atoms with E-state index in [1.54, 1.807) is 51.2 Å². The molecule has 0 spiro atoms. The number of fused-ring (bicyclic) bond motifs is 2. The molecule has 1 saturated heterocycles. The molecule has 0 bridgehead atoms. The van der Waals surface area contributed by atoms with Crippen LogP contribution in [-0.2, 0) is 35.8 Å². The topological polar surface area (TPSA) is 248 Å². The van der Waals surface area contributed by atoms with Crippen LogP contribution >= 0.6 is 0 Å². The van der Waals surface area contributed by atoms with E-state index in [0.29, 0.717) is 83.5 Å². The molecule has 0 unspecified atom stereocenters. The zero-order valence-electron chi connectivity index (χ0n) is 33.8. The number of nitrogens with zero attached hydrogens (tertiary/aromatic N) is 9. The Labute approximate surface area is 340 Å². The molecular formula is C40H51N13O6. The van der Waals surface area contributed by atoms with Crippen molar-refractivity contribution in [3.05, 3.63) is 76.9 Å². The largest absolute Gasteiger partial charge is 0.491 e. The van der Waals surface area contributed by atoms with Crippen molar-refractivity contribution in [3.8, 4) is 5.75 Å². The van der Waals surface area contributed by atoms with Gasteiger partial charge in [-0.3, -0.25) is 44.2 Å². The number of carbonyl (C=O) groups is 3. The maximum atomic E-state index is 13.7. The Morgan fingerprint density at radius 1 is 1.00 bits per heavy atom. The van der Waals surface area contributed by atoms with E-state index in [2.05, 4.69) is 35.6 Å². The van der Waals surface area contributed by atoms with E-state index in [-0.39, 0.29) is 42.9 Å². The van der Waals surface area contributed by atoms with Gasteiger partial charge in [-0.25, -0.2) is 15.0 Å². The summed E-state index contributed by atoms with van der Waals surface area (Å²) in [5.74, 6) is -0.765. The molecule has 0 aliphatic carbocycles. The second-order valence-electron chi connectivity index (χ2n) is 13.9. The highest BCUT2D eigenvalue weighted by Gasteiger charge is 2.22. The van der Waals surface area contributed by atoms with Crippen molar-refractivity contribution in [2.75, 3.05) is 56.6 Å². The third kappa shape index (κ3) is 10.2. The van der Waals surface area contributed by atoms with E-state index in [1.807, 2.05) is 32.9 Å². The van der Waals surface area contributed by atoms with Gasteiger partial charge in [-0.05, 0) is 70.0 Å². The summed E-state index contributed by atoms with van der Waals surface area (Å²) >= 11 is 0. The number of ether oxygens (including phenoxy) is 2. The highest BCUT2D eigenvalue weighted by Crippen LogP contribution is 2.32. The molecule has 5 heterocycles. The van der Waals surface area contributed by atoms with Gasteiger partial charge in [0, 0.05) is 63.3 Å². The number of allylic oxidation sites excluding steroid dienone is 3. The number of amides is 3. The first kappa shape index (κ1) is 42.2. The molecule has 3 amide bonds. The number of carbonyl (C=O) groups excluding carboxylic acids is 3. The molecule has 7 N–H and O–H groups in total. The van der Waals surface area contributed by atoms with Crippen LogP contribution < -0.4 is 26.8 Å². The monoisotopic (exact) mass is 809 g/mol. The van der Waals surface area contributed by atoms with E-state index in [0.717, 1.165) is 26.1 Å². The second kappa shape index (κ2) is 19.3. The predicted octanol–water partition coefficient (Wildman–Crippen LogP) is 2.77. The first-order valence-electron chi connectivity index (χ1n) is 19.5. The number of pyridine rings is 1. The van der Waals surface area contributed by atoms with Crippen molar-refractivity contribution in [2.24, 2.45) is 16.5 Å². The van der Waals surface area contributed by atoms with Crippen LogP contribution in [0.5, 0.6) is 5.75 Å². The molecule has 5 aromatic rings. The Morgan fingerprint density at radius 3 is 2.42 bits per heavy atom. The van der Waals surface area contributed by atoms with Gasteiger partial charge in [0.2, 0.25) is 17.8 Å². The Kier molecular flexibility index (Phi) is 13.8. The number of hydrogen-bond donors (Lipinski definition) is 5. The SMILES string of the molecule is CCN=C(/C=C(/C)N)C(=O)Nc1nc2cc(CO)cnc2n1C/C=C/Cn1c(NC(=O)c2cc(C)nn2CC)nc2cc(C(N)=O)cc(OCCCN3CCOCC3)c21. The average molecular weight is 810 g/mol. The Hall–Kier alpha value is -6.44. The van der Waals surface area contributed by atoms with Crippen molar-refractivity contribution in [1.29, 1.82) is 0 Å². The lowest BCUT2D eigenvalue weighted by molar-refractivity contribution is -0.110. The van der Waals surface area contributed by atoms with E-state index >= 15 is 0 Å². The summed E-state index contributed by atoms with van der Waals surface area (Å²) in [6.45, 7) is 12.5. The van der Waals surface area contributed by atoms with Crippen molar-refractivity contribution >= 4 is 57.5 Å². The third-order valence-electron chi connectivity index (χ3n) is 9.45. The van der Waals surface area contributed by atoms with Crippen molar-refractivity contribution in [3.63, 3.8) is 0 Å². The minimum Gasteiger partial charge on any atom is -0.491 e. The van der Waals surface area contributed by atoms with Gasteiger partial charge < -0.3 is 30.6 Å². The fraction of sp³-hybridized carbons (Fsp3) is 0.400. The number of nitrogens with two attached hydrogens (primary N) is 2. The van der Waals surface area contributed by atoms with Gasteiger partial charge in [-0.1, -0.05) is 12.2 Å². The number of aliphatic hydroxyl groups is 1. The lowest BCUT2D eigenvalue weighted by atomic mass is 10.1. The van der Waals surface area contributed by atoms with Crippen LogP contribution in [0.25, 0.3) is 22.2 Å². The lowest BCUT2D eigenvalue weighted by Crippen LogP contribution is -2.37. The number of rotatable bonds is 18. The normalized spacial score (nSPS) is 14.1. The second-order valence-corrected chi connectivity index (χ2v) is 13.9. The molecule has 0 saturated carbocycles. The maximum absolute atomic E-state index is 13.7. The molecule has 6 rings (SSSR count). The quantitative estimate of drug-likeness (QED) is 0.0487. The highest BCUT2D eigenvalue weighted by molar-refractivity contribution is 6.47. The summed E-state index contributed by atoms with van der Waals surface area (Å²) in [6.07, 6.45) is 7.48.